The molecule has 0 spiro atoms. The lowest BCUT2D eigenvalue weighted by atomic mass is 10.0. The molecule has 1 aromatic rings. The van der Waals surface area contributed by atoms with Crippen LogP contribution in [0.25, 0.3) is 0 Å². The predicted octanol–water partition coefficient (Wildman–Crippen LogP) is 3.36. The Labute approximate surface area is 116 Å². The van der Waals surface area contributed by atoms with Gasteiger partial charge in [0.1, 0.15) is 0 Å². The van der Waals surface area contributed by atoms with E-state index in [1.807, 2.05) is 26.0 Å². The zero-order chi connectivity index (χ0) is 14.3. The molecule has 0 atom stereocenters. The van der Waals surface area contributed by atoms with Crippen LogP contribution in [0.3, 0.4) is 0 Å². The molecule has 106 valence electrons. The van der Waals surface area contributed by atoms with Crippen molar-refractivity contribution in [3.8, 4) is 0 Å². The van der Waals surface area contributed by atoms with E-state index in [1.54, 1.807) is 0 Å². The van der Waals surface area contributed by atoms with Crippen LogP contribution in [0.5, 0.6) is 0 Å². The number of rotatable bonds is 7. The van der Waals surface area contributed by atoms with Gasteiger partial charge in [0, 0.05) is 11.2 Å². The lowest BCUT2D eigenvalue weighted by Gasteiger charge is -2.24. The van der Waals surface area contributed by atoms with Gasteiger partial charge in [-0.25, -0.2) is 0 Å². The molecule has 1 amide bonds. The highest BCUT2D eigenvalue weighted by Crippen LogP contribution is 2.11. The van der Waals surface area contributed by atoms with E-state index in [-0.39, 0.29) is 11.4 Å². The van der Waals surface area contributed by atoms with Crippen molar-refractivity contribution >= 4 is 11.6 Å². The number of anilines is 1. The smallest absolute Gasteiger partial charge is 0.239 e. The molecule has 2 N–H and O–H groups in total. The SMILES string of the molecule is CCCc1ccc(NCC(=O)NC(C)(C)CC)cc1. The third-order valence-electron chi connectivity index (χ3n) is 3.31. The topological polar surface area (TPSA) is 41.1 Å². The molecule has 0 unspecified atom stereocenters. The Bertz CT molecular complexity index is 396. The number of hydrogen-bond donors (Lipinski definition) is 2. The largest absolute Gasteiger partial charge is 0.376 e. The van der Waals surface area contributed by atoms with Crippen LogP contribution in [-0.4, -0.2) is 18.0 Å². The number of benzene rings is 1. The first-order valence-corrected chi connectivity index (χ1v) is 7.10. The maximum atomic E-state index is 11.8. The number of hydrogen-bond acceptors (Lipinski definition) is 2. The maximum absolute atomic E-state index is 11.8. The Morgan fingerprint density at radius 3 is 2.32 bits per heavy atom. The normalized spacial score (nSPS) is 11.2. The maximum Gasteiger partial charge on any atom is 0.239 e. The Morgan fingerprint density at radius 2 is 1.79 bits per heavy atom. The second-order valence-corrected chi connectivity index (χ2v) is 5.59. The summed E-state index contributed by atoms with van der Waals surface area (Å²) < 4.78 is 0. The number of aryl methyl sites for hydroxylation is 1. The molecule has 3 heteroatoms. The average Bonchev–Trinajstić information content (AvgIpc) is 2.38. The molecule has 0 bridgehead atoms. The highest BCUT2D eigenvalue weighted by Gasteiger charge is 2.17. The Hall–Kier alpha value is -1.51. The van der Waals surface area contributed by atoms with Gasteiger partial charge < -0.3 is 10.6 Å². The van der Waals surface area contributed by atoms with Crippen molar-refractivity contribution in [3.05, 3.63) is 29.8 Å². The summed E-state index contributed by atoms with van der Waals surface area (Å²) in [5.74, 6) is 0.0319. The van der Waals surface area contributed by atoms with Crippen LogP contribution in [0, 0.1) is 0 Å². The molecule has 0 fully saturated rings. The minimum Gasteiger partial charge on any atom is -0.376 e. The van der Waals surface area contributed by atoms with E-state index in [2.05, 4.69) is 36.6 Å². The van der Waals surface area contributed by atoms with Gasteiger partial charge in [0.25, 0.3) is 0 Å². The van der Waals surface area contributed by atoms with Crippen molar-refractivity contribution in [1.82, 2.24) is 5.32 Å². The highest BCUT2D eigenvalue weighted by molar-refractivity contribution is 5.81. The van der Waals surface area contributed by atoms with Gasteiger partial charge in [-0.15, -0.1) is 0 Å². The van der Waals surface area contributed by atoms with E-state index in [4.69, 9.17) is 0 Å². The predicted molar refractivity (Wildman–Crippen MR) is 81.4 cm³/mol. The highest BCUT2D eigenvalue weighted by atomic mass is 16.2. The fraction of sp³-hybridized carbons (Fsp3) is 0.562. The molecule has 0 radical (unpaired) electrons. The molecule has 19 heavy (non-hydrogen) atoms. The third-order valence-corrected chi connectivity index (χ3v) is 3.31. The third kappa shape index (κ3) is 5.77. The van der Waals surface area contributed by atoms with Gasteiger partial charge in [0.2, 0.25) is 5.91 Å². The van der Waals surface area contributed by atoms with E-state index < -0.39 is 0 Å². The van der Waals surface area contributed by atoms with E-state index in [0.29, 0.717) is 6.54 Å². The zero-order valence-corrected chi connectivity index (χ0v) is 12.5. The van der Waals surface area contributed by atoms with Gasteiger partial charge in [0.05, 0.1) is 6.54 Å². The number of carbonyl (C=O) groups excluding carboxylic acids is 1. The van der Waals surface area contributed by atoms with E-state index in [0.717, 1.165) is 24.9 Å². The number of nitrogens with one attached hydrogen (secondary N) is 2. The molecule has 0 aliphatic rings. The first kappa shape index (κ1) is 15.5. The van der Waals surface area contributed by atoms with Gasteiger partial charge >= 0.3 is 0 Å². The summed E-state index contributed by atoms with van der Waals surface area (Å²) in [6.07, 6.45) is 3.18. The van der Waals surface area contributed by atoms with Gasteiger partial charge in [-0.1, -0.05) is 32.4 Å². The first-order chi connectivity index (χ1) is 8.96. The van der Waals surface area contributed by atoms with E-state index in [9.17, 15) is 4.79 Å². The molecule has 3 nitrogen and oxygen atoms in total. The molecule has 0 saturated carbocycles. The fourth-order valence-electron chi connectivity index (χ4n) is 1.77. The Morgan fingerprint density at radius 1 is 1.16 bits per heavy atom. The zero-order valence-electron chi connectivity index (χ0n) is 12.5. The Balaban J connectivity index is 2.42. The standard InChI is InChI=1S/C16H26N2O/c1-5-7-13-8-10-14(11-9-13)17-12-15(19)18-16(3,4)6-2/h8-11,17H,5-7,12H2,1-4H3,(H,18,19). The van der Waals surface area contributed by atoms with Crippen LogP contribution in [0.1, 0.15) is 46.1 Å². The summed E-state index contributed by atoms with van der Waals surface area (Å²) in [5.41, 5.74) is 2.19. The second kappa shape index (κ2) is 7.17. The quantitative estimate of drug-likeness (QED) is 0.791. The number of carbonyl (C=O) groups is 1. The van der Waals surface area contributed by atoms with Gasteiger partial charge in [0.15, 0.2) is 0 Å². The van der Waals surface area contributed by atoms with Crippen molar-refractivity contribution in [2.24, 2.45) is 0 Å². The van der Waals surface area contributed by atoms with Crippen molar-refractivity contribution in [1.29, 1.82) is 0 Å². The average molecular weight is 262 g/mol. The molecule has 0 aliphatic heterocycles. The minimum absolute atomic E-state index is 0.0319. The summed E-state index contributed by atoms with van der Waals surface area (Å²) in [4.78, 5) is 11.8. The summed E-state index contributed by atoms with van der Waals surface area (Å²) >= 11 is 0. The minimum atomic E-state index is -0.135. The van der Waals surface area contributed by atoms with E-state index in [1.165, 1.54) is 5.56 Å². The summed E-state index contributed by atoms with van der Waals surface area (Å²) in [7, 11) is 0. The number of amides is 1. The van der Waals surface area contributed by atoms with E-state index >= 15 is 0 Å². The van der Waals surface area contributed by atoms with Gasteiger partial charge in [-0.2, -0.15) is 0 Å². The van der Waals surface area contributed by atoms with Crippen LogP contribution in [-0.2, 0) is 11.2 Å². The van der Waals surface area contributed by atoms with Crippen LogP contribution in [0.15, 0.2) is 24.3 Å². The van der Waals surface area contributed by atoms with Crippen molar-refractivity contribution in [2.45, 2.75) is 52.5 Å². The molecular formula is C16H26N2O. The van der Waals surface area contributed by atoms with Crippen LogP contribution >= 0.6 is 0 Å². The van der Waals surface area contributed by atoms with Crippen LogP contribution in [0.2, 0.25) is 0 Å². The van der Waals surface area contributed by atoms with Crippen LogP contribution in [0.4, 0.5) is 5.69 Å². The van der Waals surface area contributed by atoms with Crippen molar-refractivity contribution in [3.63, 3.8) is 0 Å². The lowest BCUT2D eigenvalue weighted by molar-refractivity contribution is -0.121. The molecule has 0 saturated heterocycles. The summed E-state index contributed by atoms with van der Waals surface area (Å²) in [6, 6.07) is 8.28. The fourth-order valence-corrected chi connectivity index (χ4v) is 1.77. The van der Waals surface area contributed by atoms with Gasteiger partial charge in [-0.3, -0.25) is 4.79 Å². The summed E-state index contributed by atoms with van der Waals surface area (Å²) in [5, 5.41) is 6.15. The van der Waals surface area contributed by atoms with Crippen molar-refractivity contribution < 1.29 is 4.79 Å². The lowest BCUT2D eigenvalue weighted by Crippen LogP contribution is -2.45. The molecular weight excluding hydrogens is 236 g/mol. The van der Waals surface area contributed by atoms with Gasteiger partial charge in [-0.05, 0) is 44.4 Å². The molecule has 0 heterocycles. The second-order valence-electron chi connectivity index (χ2n) is 5.59. The first-order valence-electron chi connectivity index (χ1n) is 7.10. The molecule has 0 aliphatic carbocycles. The van der Waals surface area contributed by atoms with Crippen molar-refractivity contribution in [2.75, 3.05) is 11.9 Å². The monoisotopic (exact) mass is 262 g/mol. The molecule has 1 rings (SSSR count). The molecule has 1 aromatic carbocycles. The molecule has 0 aromatic heterocycles. The van der Waals surface area contributed by atoms with Crippen LogP contribution < -0.4 is 10.6 Å². The Kier molecular flexibility index (Phi) is 5.87. The summed E-state index contributed by atoms with van der Waals surface area (Å²) in [6.45, 7) is 8.62.